The molecule has 0 radical (unpaired) electrons. The molecule has 38 heteroatoms. The highest BCUT2D eigenvalue weighted by molar-refractivity contribution is 9.11. The summed E-state index contributed by atoms with van der Waals surface area (Å²) in [6.07, 6.45) is 6.42. The number of tetrazole rings is 2. The molecule has 6 heterocycles. The molecular formula is C58H42Br4F16N14O4. The van der Waals surface area contributed by atoms with Crippen molar-refractivity contribution in [1.82, 2.24) is 60.4 Å². The van der Waals surface area contributed by atoms with Crippen LogP contribution in [0, 0.1) is 46.5 Å². The van der Waals surface area contributed by atoms with Gasteiger partial charge in [0, 0.05) is 102 Å². The molecule has 0 unspecified atom stereocenters. The lowest BCUT2D eigenvalue weighted by Gasteiger charge is -2.35. The monoisotopic (exact) mass is 1620 g/mol. The summed E-state index contributed by atoms with van der Waals surface area (Å²) in [7, 11) is 0. The summed E-state index contributed by atoms with van der Waals surface area (Å²) in [4.78, 5) is 14.3. The summed E-state index contributed by atoms with van der Waals surface area (Å²) >= 11 is 12.2. The fourth-order valence-electron chi connectivity index (χ4n) is 8.89. The lowest BCUT2D eigenvalue weighted by molar-refractivity contribution is -0.207. The van der Waals surface area contributed by atoms with Gasteiger partial charge in [0.2, 0.25) is 0 Å². The van der Waals surface area contributed by atoms with Crippen molar-refractivity contribution in [3.8, 4) is 0 Å². The van der Waals surface area contributed by atoms with Gasteiger partial charge in [-0.3, -0.25) is 19.9 Å². The van der Waals surface area contributed by atoms with E-state index < -0.39 is 164 Å². The van der Waals surface area contributed by atoms with Crippen LogP contribution >= 0.6 is 63.7 Å². The van der Waals surface area contributed by atoms with E-state index in [9.17, 15) is 73.1 Å². The molecule has 0 fully saturated rings. The van der Waals surface area contributed by atoms with Crippen molar-refractivity contribution in [1.29, 1.82) is 0 Å². The highest BCUT2D eigenvalue weighted by Crippen LogP contribution is 2.50. The molecule has 4 aromatic carbocycles. The quantitative estimate of drug-likeness (QED) is 0.0436. The van der Waals surface area contributed by atoms with Gasteiger partial charge in [0.1, 0.15) is 82.0 Å². The number of alkyl halides is 8. The average molecular weight is 1620 g/mol. The minimum atomic E-state index is -4.06. The van der Waals surface area contributed by atoms with Gasteiger partial charge in [0.05, 0.1) is 13.1 Å². The third kappa shape index (κ3) is 15.9. The second-order valence-electron chi connectivity index (χ2n) is 20.1. The zero-order valence-corrected chi connectivity index (χ0v) is 54.1. The molecule has 6 aromatic heterocycles. The number of hydrogen-bond donors (Lipinski definition) is 6. The molecular weight excluding hydrogens is 1580 g/mol. The molecule has 18 nitrogen and oxygen atoms in total. The lowest BCUT2D eigenvalue weighted by Crippen LogP contribution is -2.50. The fraction of sp³-hybridized carbons (Fsp3) is 0.207. The zero-order chi connectivity index (χ0) is 71.0. The van der Waals surface area contributed by atoms with Gasteiger partial charge >= 0.3 is 23.7 Å². The molecule has 10 rings (SSSR count). The van der Waals surface area contributed by atoms with Crippen LogP contribution in [0.3, 0.4) is 0 Å². The van der Waals surface area contributed by atoms with Crippen LogP contribution in [-0.2, 0) is 59.2 Å². The molecule has 0 amide bonds. The summed E-state index contributed by atoms with van der Waals surface area (Å²) < 4.78 is 231. The molecule has 10 aromatic rings. The second kappa shape index (κ2) is 30.3. The van der Waals surface area contributed by atoms with Crippen molar-refractivity contribution < 1.29 is 90.7 Å². The van der Waals surface area contributed by atoms with Gasteiger partial charge in [0.25, 0.3) is 0 Å². The van der Waals surface area contributed by atoms with E-state index in [1.165, 1.54) is 24.3 Å². The number of benzene rings is 4. The minimum absolute atomic E-state index is 0.404. The Morgan fingerprint density at radius 1 is 0.344 bits per heavy atom. The van der Waals surface area contributed by atoms with Crippen LogP contribution in [0.4, 0.5) is 70.2 Å². The summed E-state index contributed by atoms with van der Waals surface area (Å²) in [5, 5.41) is 62.5. The minimum Gasteiger partial charge on any atom is -0.377 e. The van der Waals surface area contributed by atoms with E-state index in [0.29, 0.717) is 42.2 Å². The Hall–Kier alpha value is -7.82. The first kappa shape index (κ1) is 75.6. The van der Waals surface area contributed by atoms with Crippen molar-refractivity contribution in [3.63, 3.8) is 0 Å². The van der Waals surface area contributed by atoms with E-state index >= 15 is 17.6 Å². The van der Waals surface area contributed by atoms with Crippen LogP contribution in [0.2, 0.25) is 0 Å². The summed E-state index contributed by atoms with van der Waals surface area (Å²) in [6, 6.07) is 16.8. The Kier molecular flexibility index (Phi) is 23.8. The number of nitrogens with zero attached hydrogens (tertiary/aromatic N) is 12. The normalized spacial score (nSPS) is 14.4. The molecule has 0 bridgehead atoms. The number of aromatic nitrogens is 12. The average Bonchev–Trinajstić information content (AvgIpc) is 0.890. The maximum Gasteiger partial charge on any atom is 0.323 e. The van der Waals surface area contributed by atoms with Gasteiger partial charge < -0.3 is 31.9 Å². The van der Waals surface area contributed by atoms with Gasteiger partial charge in [-0.15, -0.1) is 10.2 Å². The second-order valence-corrected chi connectivity index (χ2v) is 23.8. The van der Waals surface area contributed by atoms with E-state index in [1.54, 1.807) is 0 Å². The Morgan fingerprint density at radius 3 is 0.760 bits per heavy atom. The van der Waals surface area contributed by atoms with Crippen LogP contribution in [0.5, 0.6) is 0 Å². The van der Waals surface area contributed by atoms with Gasteiger partial charge in [-0.2, -0.15) is 35.1 Å². The molecule has 0 aliphatic rings. The van der Waals surface area contributed by atoms with E-state index in [1.807, 2.05) is 0 Å². The Labute approximate surface area is 563 Å². The number of aliphatic hydroxyl groups is 4. The number of pyridine rings is 4. The molecule has 0 saturated heterocycles. The van der Waals surface area contributed by atoms with E-state index in [-0.39, 0.29) is 0 Å². The van der Waals surface area contributed by atoms with Gasteiger partial charge in [-0.05, 0) is 170 Å². The van der Waals surface area contributed by atoms with Crippen LogP contribution in [-0.4, -0.2) is 93.9 Å². The number of hydrogen-bond acceptors (Lipinski definition) is 16. The van der Waals surface area contributed by atoms with Crippen LogP contribution in [0.1, 0.15) is 45.0 Å². The topological polar surface area (TPSA) is 272 Å². The van der Waals surface area contributed by atoms with E-state index in [0.717, 1.165) is 120 Å². The predicted octanol–water partition coefficient (Wildman–Crippen LogP) is 11.7. The maximum atomic E-state index is 15.2. The number of rotatable bonds is 18. The molecule has 0 saturated carbocycles. The smallest absolute Gasteiger partial charge is 0.323 e. The Morgan fingerprint density at radius 2 is 0.573 bits per heavy atom. The van der Waals surface area contributed by atoms with Crippen LogP contribution in [0.15, 0.2) is 177 Å². The first-order chi connectivity index (χ1) is 44.9. The Bertz CT molecular complexity index is 3980. The first-order valence-corrected chi connectivity index (χ1v) is 29.6. The standard InChI is InChI=1S/2C15H10BrF4N5O.2C14H11BrF4N2O/c2*16-9-1-4-13(21-6-9)15(19,20)14(26,7-25-8-22-23-24-25)11-3-2-10(17)5-12(11)18;2*15-8-1-4-12(21-6-8)14(18,19)13(22,7-20)10-3-2-9(16)5-11(10)17/h2*1-6,8,26H,7H2;2*1-6,22H,7,20H2/t2*14-;2*13-/m1010/s1. The van der Waals surface area contributed by atoms with Crippen molar-refractivity contribution >= 4 is 63.7 Å². The zero-order valence-electron chi connectivity index (χ0n) is 47.7. The highest BCUT2D eigenvalue weighted by Gasteiger charge is 2.61. The molecule has 508 valence electrons. The fourth-order valence-corrected chi connectivity index (χ4v) is 9.83. The van der Waals surface area contributed by atoms with Crippen molar-refractivity contribution in [2.45, 2.75) is 59.2 Å². The third-order valence-electron chi connectivity index (χ3n) is 13.9. The first-order valence-electron chi connectivity index (χ1n) is 26.4. The predicted molar refractivity (Wildman–Crippen MR) is 318 cm³/mol. The van der Waals surface area contributed by atoms with Crippen molar-refractivity contribution in [3.05, 3.63) is 268 Å². The molecule has 0 spiro atoms. The maximum absolute atomic E-state index is 15.2. The molecule has 8 N–H and O–H groups in total. The lowest BCUT2D eigenvalue weighted by atomic mass is 9.84. The van der Waals surface area contributed by atoms with Crippen LogP contribution < -0.4 is 11.5 Å². The highest BCUT2D eigenvalue weighted by atomic mass is 79.9. The Balaban J connectivity index is 0.000000181. The molecule has 4 atom stereocenters. The third-order valence-corrected chi connectivity index (χ3v) is 15.8. The van der Waals surface area contributed by atoms with E-state index in [4.69, 9.17) is 11.5 Å². The van der Waals surface area contributed by atoms with Crippen LogP contribution in [0.25, 0.3) is 0 Å². The van der Waals surface area contributed by atoms with Crippen molar-refractivity contribution in [2.24, 2.45) is 11.5 Å². The number of halogens is 20. The van der Waals surface area contributed by atoms with Gasteiger partial charge in [0.15, 0.2) is 22.4 Å². The molecule has 0 aliphatic heterocycles. The van der Waals surface area contributed by atoms with E-state index in [2.05, 4.69) is 115 Å². The SMILES string of the molecule is NC[C@@](O)(c1ccc(F)cc1F)C(F)(F)c1ccc(Br)cn1.NC[C@](O)(c1ccc(F)cc1F)C(F)(F)c1ccc(Br)cn1.O[C@@](Cn1cnnn1)(c1ccc(F)cc1F)C(F)(F)c1ccc(Br)cn1.O[C@](Cn1cnnn1)(c1ccc(F)cc1F)C(F)(F)c1ccc(Br)cn1. The summed E-state index contributed by atoms with van der Waals surface area (Å²) in [6.45, 7) is -3.76. The van der Waals surface area contributed by atoms with Gasteiger partial charge in [-0.1, -0.05) is 12.1 Å². The summed E-state index contributed by atoms with van der Waals surface area (Å²) in [5.74, 6) is -25.2. The largest absolute Gasteiger partial charge is 0.377 e. The van der Waals surface area contributed by atoms with Gasteiger partial charge in [-0.25, -0.2) is 44.5 Å². The summed E-state index contributed by atoms with van der Waals surface area (Å²) in [5.41, 5.74) is -8.27. The van der Waals surface area contributed by atoms with Crippen molar-refractivity contribution in [2.75, 3.05) is 13.1 Å². The molecule has 0 aliphatic carbocycles. The molecule has 96 heavy (non-hydrogen) atoms. The number of nitrogens with two attached hydrogens (primary N) is 2.